The SMILES string of the molecule is COc1ccc(Br)cc1CCNC(=O)c1nn(-c2cc(C)c(Oc3ccc(O)c(Br)c3)c(C)c2)c(=O)[nH]c1=O. The fraction of sp³-hybridized carbons (Fsp3) is 0.185. The van der Waals surface area contributed by atoms with Crippen LogP contribution in [0.5, 0.6) is 23.0 Å². The van der Waals surface area contributed by atoms with Crippen LogP contribution in [0.2, 0.25) is 0 Å². The van der Waals surface area contributed by atoms with Crippen LogP contribution in [0.15, 0.2) is 67.1 Å². The van der Waals surface area contributed by atoms with Crippen molar-refractivity contribution in [2.45, 2.75) is 20.3 Å². The first-order valence-electron chi connectivity index (χ1n) is 11.7. The molecule has 0 aliphatic rings. The lowest BCUT2D eigenvalue weighted by Gasteiger charge is -2.15. The molecule has 0 atom stereocenters. The van der Waals surface area contributed by atoms with Gasteiger partial charge in [-0.25, -0.2) is 4.79 Å². The molecule has 0 radical (unpaired) electrons. The molecular weight excluding hydrogens is 636 g/mol. The average Bonchev–Trinajstić information content (AvgIpc) is 2.88. The number of H-pyrrole nitrogens is 1. The molecule has 4 aromatic rings. The molecule has 1 aromatic heterocycles. The number of carbonyl (C=O) groups is 1. The number of ether oxygens (including phenoxy) is 2. The number of aromatic amines is 1. The van der Waals surface area contributed by atoms with Crippen LogP contribution in [0.25, 0.3) is 5.69 Å². The fourth-order valence-electron chi connectivity index (χ4n) is 3.94. The van der Waals surface area contributed by atoms with Gasteiger partial charge in [0.15, 0.2) is 0 Å². The number of aromatic hydroxyl groups is 1. The number of hydrogen-bond donors (Lipinski definition) is 3. The number of hydrogen-bond acceptors (Lipinski definition) is 7. The van der Waals surface area contributed by atoms with Gasteiger partial charge in [0.25, 0.3) is 11.5 Å². The Morgan fingerprint density at radius 3 is 2.46 bits per heavy atom. The van der Waals surface area contributed by atoms with Crippen LogP contribution >= 0.6 is 31.9 Å². The van der Waals surface area contributed by atoms with Crippen LogP contribution in [0.3, 0.4) is 0 Å². The maximum absolute atomic E-state index is 12.8. The molecule has 39 heavy (non-hydrogen) atoms. The van der Waals surface area contributed by atoms with Crippen molar-refractivity contribution in [1.29, 1.82) is 0 Å². The zero-order chi connectivity index (χ0) is 28.3. The Bertz CT molecular complexity index is 1660. The van der Waals surface area contributed by atoms with Crippen molar-refractivity contribution in [3.8, 4) is 28.7 Å². The van der Waals surface area contributed by atoms with Gasteiger partial charge in [0, 0.05) is 11.0 Å². The van der Waals surface area contributed by atoms with Crippen molar-refractivity contribution >= 4 is 37.8 Å². The van der Waals surface area contributed by atoms with Gasteiger partial charge in [-0.2, -0.15) is 9.78 Å². The molecule has 0 aliphatic carbocycles. The largest absolute Gasteiger partial charge is 0.507 e. The van der Waals surface area contributed by atoms with Crippen molar-refractivity contribution < 1.29 is 19.4 Å². The van der Waals surface area contributed by atoms with Gasteiger partial charge >= 0.3 is 5.69 Å². The van der Waals surface area contributed by atoms with Crippen molar-refractivity contribution in [1.82, 2.24) is 20.1 Å². The van der Waals surface area contributed by atoms with E-state index in [0.29, 0.717) is 45.0 Å². The number of aromatic nitrogens is 3. The van der Waals surface area contributed by atoms with Crippen LogP contribution < -0.4 is 26.0 Å². The summed E-state index contributed by atoms with van der Waals surface area (Å²) in [4.78, 5) is 40.0. The fourth-order valence-corrected chi connectivity index (χ4v) is 4.71. The van der Waals surface area contributed by atoms with E-state index >= 15 is 0 Å². The normalized spacial score (nSPS) is 10.8. The average molecular weight is 660 g/mol. The third-order valence-corrected chi connectivity index (χ3v) is 6.92. The van der Waals surface area contributed by atoms with Crippen molar-refractivity contribution in [2.24, 2.45) is 0 Å². The van der Waals surface area contributed by atoms with Crippen LogP contribution in [0.1, 0.15) is 27.2 Å². The molecule has 10 nitrogen and oxygen atoms in total. The molecule has 0 saturated heterocycles. The number of benzene rings is 3. The number of nitrogens with zero attached hydrogens (tertiary/aromatic N) is 2. The maximum Gasteiger partial charge on any atom is 0.349 e. The number of rotatable bonds is 8. The monoisotopic (exact) mass is 658 g/mol. The van der Waals surface area contributed by atoms with Gasteiger partial charge in [-0.3, -0.25) is 14.6 Å². The van der Waals surface area contributed by atoms with Gasteiger partial charge in [0.05, 0.1) is 17.3 Å². The van der Waals surface area contributed by atoms with Gasteiger partial charge in [0.2, 0.25) is 5.69 Å². The third-order valence-electron chi connectivity index (χ3n) is 5.79. The minimum absolute atomic E-state index is 0.0855. The molecule has 12 heteroatoms. The Hall–Kier alpha value is -3.90. The number of carbonyl (C=O) groups excluding carboxylic acids is 1. The summed E-state index contributed by atoms with van der Waals surface area (Å²) in [5.41, 5.74) is 0.460. The van der Waals surface area contributed by atoms with E-state index in [9.17, 15) is 19.5 Å². The molecule has 1 heterocycles. The van der Waals surface area contributed by atoms with Gasteiger partial charge in [-0.15, -0.1) is 0 Å². The molecule has 0 bridgehead atoms. The van der Waals surface area contributed by atoms with E-state index in [1.807, 2.05) is 18.2 Å². The van der Waals surface area contributed by atoms with Gasteiger partial charge < -0.3 is 19.9 Å². The molecule has 0 saturated carbocycles. The Balaban J connectivity index is 1.57. The van der Waals surface area contributed by atoms with Gasteiger partial charge in [-0.1, -0.05) is 15.9 Å². The standard InChI is InChI=1S/C27H24Br2N4O6/c1-14-10-18(11-15(2)24(14)39-19-5-6-21(34)20(29)13-19)33-27(37)31-26(36)23(32-33)25(35)30-9-8-16-12-17(28)4-7-22(16)38-3/h4-7,10-13,34H,8-9H2,1-3H3,(H,30,35)(H,31,36,37). The number of amides is 1. The molecular formula is C27H24Br2N4O6. The lowest BCUT2D eigenvalue weighted by molar-refractivity contribution is 0.0945. The quantitative estimate of drug-likeness (QED) is 0.253. The number of methoxy groups -OCH3 is 1. The van der Waals surface area contributed by atoms with E-state index in [4.69, 9.17) is 9.47 Å². The van der Waals surface area contributed by atoms with E-state index in [0.717, 1.165) is 14.7 Å². The molecule has 3 aromatic carbocycles. The highest BCUT2D eigenvalue weighted by Crippen LogP contribution is 2.34. The van der Waals surface area contributed by atoms with Crippen LogP contribution in [0, 0.1) is 13.8 Å². The number of phenols is 1. The zero-order valence-electron chi connectivity index (χ0n) is 21.2. The van der Waals surface area contributed by atoms with Crippen LogP contribution in [0.4, 0.5) is 0 Å². The molecule has 0 spiro atoms. The predicted molar refractivity (Wildman–Crippen MR) is 153 cm³/mol. The van der Waals surface area contributed by atoms with Crippen molar-refractivity contribution in [3.05, 3.63) is 101 Å². The highest BCUT2D eigenvalue weighted by atomic mass is 79.9. The molecule has 3 N–H and O–H groups in total. The molecule has 1 amide bonds. The Morgan fingerprint density at radius 2 is 1.79 bits per heavy atom. The van der Waals surface area contributed by atoms with Crippen LogP contribution in [-0.2, 0) is 6.42 Å². The summed E-state index contributed by atoms with van der Waals surface area (Å²) < 4.78 is 13.7. The van der Waals surface area contributed by atoms with Gasteiger partial charge in [-0.05, 0) is 101 Å². The second kappa shape index (κ2) is 11.9. The summed E-state index contributed by atoms with van der Waals surface area (Å²) in [5, 5.41) is 16.5. The molecule has 4 rings (SSSR count). The highest BCUT2D eigenvalue weighted by Gasteiger charge is 2.18. The summed E-state index contributed by atoms with van der Waals surface area (Å²) in [6.45, 7) is 3.80. The second-order valence-electron chi connectivity index (χ2n) is 8.61. The van der Waals surface area contributed by atoms with E-state index in [1.165, 1.54) is 6.07 Å². The lowest BCUT2D eigenvalue weighted by atomic mass is 10.1. The molecule has 0 aliphatic heterocycles. The summed E-state index contributed by atoms with van der Waals surface area (Å²) in [7, 11) is 1.56. The predicted octanol–water partition coefficient (Wildman–Crippen LogP) is 4.54. The van der Waals surface area contributed by atoms with E-state index in [1.54, 1.807) is 45.2 Å². The number of aryl methyl sites for hydroxylation is 2. The van der Waals surface area contributed by atoms with Crippen molar-refractivity contribution in [3.63, 3.8) is 0 Å². The topological polar surface area (TPSA) is 136 Å². The number of phenolic OH excluding ortho intramolecular Hbond substituents is 1. The Morgan fingerprint density at radius 1 is 1.08 bits per heavy atom. The Labute approximate surface area is 239 Å². The third kappa shape index (κ3) is 6.40. The minimum atomic E-state index is -0.889. The van der Waals surface area contributed by atoms with E-state index in [2.05, 4.69) is 47.3 Å². The summed E-state index contributed by atoms with van der Waals surface area (Å²) in [5.74, 6) is 1.09. The smallest absolute Gasteiger partial charge is 0.349 e. The van der Waals surface area contributed by atoms with E-state index in [-0.39, 0.29) is 12.3 Å². The lowest BCUT2D eigenvalue weighted by Crippen LogP contribution is -2.39. The van der Waals surface area contributed by atoms with Crippen LogP contribution in [-0.4, -0.2) is 39.4 Å². The summed E-state index contributed by atoms with van der Waals surface area (Å²) in [6, 6.07) is 13.6. The molecule has 202 valence electrons. The first-order chi connectivity index (χ1) is 18.6. The second-order valence-corrected chi connectivity index (χ2v) is 10.4. The number of halogens is 2. The van der Waals surface area contributed by atoms with Crippen molar-refractivity contribution in [2.75, 3.05) is 13.7 Å². The van der Waals surface area contributed by atoms with Gasteiger partial charge in [0.1, 0.15) is 23.0 Å². The zero-order valence-corrected chi connectivity index (χ0v) is 24.3. The molecule has 0 unspecified atom stereocenters. The Kier molecular flexibility index (Phi) is 8.56. The first kappa shape index (κ1) is 28.1. The first-order valence-corrected chi connectivity index (χ1v) is 13.3. The number of nitrogens with one attached hydrogen (secondary N) is 2. The summed E-state index contributed by atoms with van der Waals surface area (Å²) in [6.07, 6.45) is 0.448. The highest BCUT2D eigenvalue weighted by molar-refractivity contribution is 9.10. The minimum Gasteiger partial charge on any atom is -0.507 e. The maximum atomic E-state index is 12.8. The molecule has 0 fully saturated rings. The van der Waals surface area contributed by atoms with E-state index < -0.39 is 22.9 Å². The summed E-state index contributed by atoms with van der Waals surface area (Å²) >= 11 is 6.68.